The molecule has 1 heterocycles. The predicted octanol–water partition coefficient (Wildman–Crippen LogP) is 4.47. The number of benzene rings is 3. The molecule has 1 aliphatic rings. The molecule has 1 saturated heterocycles. The maximum absolute atomic E-state index is 13.3. The fourth-order valence-corrected chi connectivity index (χ4v) is 7.09. The zero-order chi connectivity index (χ0) is 29.6. The van der Waals surface area contributed by atoms with E-state index in [-0.39, 0.29) is 17.3 Å². The highest BCUT2D eigenvalue weighted by Gasteiger charge is 2.28. The number of carbonyl (C=O) groups is 2. The molecule has 0 bridgehead atoms. The number of hydrogen-bond donors (Lipinski definition) is 4. The zero-order valence-corrected chi connectivity index (χ0v) is 24.6. The summed E-state index contributed by atoms with van der Waals surface area (Å²) in [5.74, 6) is -1.29. The average molecular weight is 579 g/mol. The van der Waals surface area contributed by atoms with Crippen molar-refractivity contribution in [2.45, 2.75) is 51.0 Å². The smallest absolute Gasteiger partial charge is 0.322 e. The van der Waals surface area contributed by atoms with Crippen LogP contribution in [-0.2, 0) is 21.2 Å². The molecule has 0 saturated carbocycles. The number of urea groups is 1. The molecule has 1 atom stereocenters. The number of nitrogens with one attached hydrogen (secondary N) is 3. The minimum atomic E-state index is -4.11. The van der Waals surface area contributed by atoms with Crippen molar-refractivity contribution in [3.63, 3.8) is 0 Å². The van der Waals surface area contributed by atoms with E-state index in [1.165, 1.54) is 12.8 Å². The number of hydrogen-bond acceptors (Lipinski definition) is 5. The van der Waals surface area contributed by atoms with Crippen molar-refractivity contribution in [1.82, 2.24) is 14.9 Å². The molecule has 41 heavy (non-hydrogen) atoms. The number of aryl methyl sites for hydroxylation is 3. The Balaban J connectivity index is 1.55. The van der Waals surface area contributed by atoms with Crippen molar-refractivity contribution < 1.29 is 23.1 Å². The van der Waals surface area contributed by atoms with Crippen molar-refractivity contribution >= 4 is 27.7 Å². The molecule has 9 nitrogen and oxygen atoms in total. The van der Waals surface area contributed by atoms with E-state index in [2.05, 4.69) is 20.3 Å². The van der Waals surface area contributed by atoms with Crippen LogP contribution in [0.5, 0.6) is 0 Å². The maximum atomic E-state index is 13.3. The van der Waals surface area contributed by atoms with E-state index < -0.39 is 22.0 Å². The van der Waals surface area contributed by atoms with Gasteiger partial charge >= 0.3 is 12.0 Å². The van der Waals surface area contributed by atoms with Gasteiger partial charge in [-0.15, -0.1) is 0 Å². The molecule has 0 aliphatic carbocycles. The van der Waals surface area contributed by atoms with Crippen LogP contribution in [0.25, 0.3) is 11.1 Å². The summed E-state index contributed by atoms with van der Waals surface area (Å²) in [6.45, 7) is 8.64. The van der Waals surface area contributed by atoms with Gasteiger partial charge in [0.25, 0.3) is 0 Å². The number of carbonyl (C=O) groups excluding carboxylic acids is 1. The summed E-state index contributed by atoms with van der Waals surface area (Å²) in [4.78, 5) is 27.4. The van der Waals surface area contributed by atoms with E-state index in [0.29, 0.717) is 28.9 Å². The molecular weight excluding hydrogens is 540 g/mol. The number of carboxylic acid groups (broad SMARTS) is 1. The van der Waals surface area contributed by atoms with Gasteiger partial charge in [-0.3, -0.25) is 4.79 Å². The number of likely N-dealkylation sites (tertiary alicyclic amines) is 1. The molecule has 0 aromatic heterocycles. The molecule has 1 unspecified atom stereocenters. The molecule has 2 amide bonds. The summed E-state index contributed by atoms with van der Waals surface area (Å²) < 4.78 is 29.0. The maximum Gasteiger partial charge on any atom is 0.322 e. The second-order valence-corrected chi connectivity index (χ2v) is 12.3. The number of anilines is 1. The molecule has 0 spiro atoms. The van der Waals surface area contributed by atoms with Crippen molar-refractivity contribution in [1.29, 1.82) is 0 Å². The standard InChI is InChI=1S/C31H38N4O5S/c1-21-17-22(2)29(23(3)18-21)41(39,40)34-28(30(36)37)20-24-11-12-26(25-9-5-4-6-10-25)27(19-24)33-31(38)32-13-16-35-14-7-8-15-35/h4-6,9-12,17-19,28,34H,7-8,13-16,20H2,1-3H3,(H,36,37)(H2,32,33,38). The third-order valence-electron chi connectivity index (χ3n) is 7.24. The topological polar surface area (TPSA) is 128 Å². The van der Waals surface area contributed by atoms with Gasteiger partial charge in [0, 0.05) is 18.7 Å². The highest BCUT2D eigenvalue weighted by atomic mass is 32.2. The van der Waals surface area contributed by atoms with Gasteiger partial charge < -0.3 is 20.6 Å². The minimum Gasteiger partial charge on any atom is -0.480 e. The van der Waals surface area contributed by atoms with Crippen LogP contribution in [0.4, 0.5) is 10.5 Å². The number of carboxylic acids is 1. The summed E-state index contributed by atoms with van der Waals surface area (Å²) >= 11 is 0. The van der Waals surface area contributed by atoms with Crippen molar-refractivity contribution in [2.75, 3.05) is 31.5 Å². The van der Waals surface area contributed by atoms with Crippen LogP contribution >= 0.6 is 0 Å². The van der Waals surface area contributed by atoms with E-state index in [4.69, 9.17) is 0 Å². The molecule has 4 N–H and O–H groups in total. The van der Waals surface area contributed by atoms with Gasteiger partial charge in [-0.25, -0.2) is 13.2 Å². The molecule has 0 radical (unpaired) electrons. The lowest BCUT2D eigenvalue weighted by Crippen LogP contribution is -2.42. The highest BCUT2D eigenvalue weighted by molar-refractivity contribution is 7.89. The fraction of sp³-hybridized carbons (Fsp3) is 0.355. The minimum absolute atomic E-state index is 0.0849. The Bertz CT molecular complexity index is 1480. The molecule has 218 valence electrons. The van der Waals surface area contributed by atoms with E-state index in [9.17, 15) is 23.1 Å². The summed E-state index contributed by atoms with van der Waals surface area (Å²) in [6.07, 6.45) is 2.24. The molecule has 4 rings (SSSR count). The highest BCUT2D eigenvalue weighted by Crippen LogP contribution is 2.30. The summed E-state index contributed by atoms with van der Waals surface area (Å²) in [6, 6.07) is 16.5. The Morgan fingerprint density at radius 3 is 2.24 bits per heavy atom. The second-order valence-electron chi connectivity index (χ2n) is 10.6. The van der Waals surface area contributed by atoms with Crippen LogP contribution in [0.3, 0.4) is 0 Å². The molecule has 1 aliphatic heterocycles. The number of nitrogens with zero attached hydrogens (tertiary/aromatic N) is 1. The van der Waals surface area contributed by atoms with Gasteiger partial charge in [-0.2, -0.15) is 4.72 Å². The molecule has 1 fully saturated rings. The first-order valence-corrected chi connectivity index (χ1v) is 15.3. The van der Waals surface area contributed by atoms with Gasteiger partial charge in [-0.1, -0.05) is 60.2 Å². The van der Waals surface area contributed by atoms with Crippen LogP contribution < -0.4 is 15.4 Å². The van der Waals surface area contributed by atoms with E-state index >= 15 is 0 Å². The van der Waals surface area contributed by atoms with Gasteiger partial charge in [0.05, 0.1) is 10.6 Å². The third kappa shape index (κ3) is 7.93. The third-order valence-corrected chi connectivity index (χ3v) is 9.01. The summed E-state index contributed by atoms with van der Waals surface area (Å²) in [5.41, 5.74) is 4.73. The average Bonchev–Trinajstić information content (AvgIpc) is 3.41. The van der Waals surface area contributed by atoms with E-state index in [0.717, 1.165) is 36.3 Å². The van der Waals surface area contributed by atoms with Gasteiger partial charge in [0.15, 0.2) is 0 Å². The predicted molar refractivity (Wildman–Crippen MR) is 161 cm³/mol. The largest absolute Gasteiger partial charge is 0.480 e. The molecule has 3 aromatic rings. The van der Waals surface area contributed by atoms with E-state index in [1.807, 2.05) is 43.3 Å². The quantitative estimate of drug-likeness (QED) is 0.266. The summed E-state index contributed by atoms with van der Waals surface area (Å²) in [7, 11) is -4.11. The van der Waals surface area contributed by atoms with Crippen molar-refractivity contribution in [2.24, 2.45) is 0 Å². The second kappa shape index (κ2) is 13.3. The number of amides is 2. The number of aliphatic carboxylic acids is 1. The molecule has 3 aromatic carbocycles. The lowest BCUT2D eigenvalue weighted by atomic mass is 9.98. The lowest BCUT2D eigenvalue weighted by molar-refractivity contribution is -0.138. The Morgan fingerprint density at radius 1 is 0.951 bits per heavy atom. The van der Waals surface area contributed by atoms with Gasteiger partial charge in [0.1, 0.15) is 6.04 Å². The number of sulfonamides is 1. The Kier molecular flexibility index (Phi) is 9.80. The van der Waals surface area contributed by atoms with Crippen LogP contribution in [-0.4, -0.2) is 62.6 Å². The van der Waals surface area contributed by atoms with Gasteiger partial charge in [0.2, 0.25) is 10.0 Å². The van der Waals surface area contributed by atoms with Crippen molar-refractivity contribution in [3.8, 4) is 11.1 Å². The summed E-state index contributed by atoms with van der Waals surface area (Å²) in [5, 5.41) is 15.8. The number of rotatable bonds is 11. The first-order valence-electron chi connectivity index (χ1n) is 13.8. The van der Waals surface area contributed by atoms with E-state index in [1.54, 1.807) is 38.1 Å². The first kappa shape index (κ1) is 30.2. The SMILES string of the molecule is Cc1cc(C)c(S(=O)(=O)NC(Cc2ccc(-c3ccccc3)c(NC(=O)NCCN3CCCC3)c2)C(=O)O)c(C)c1. The normalized spacial score (nSPS) is 14.5. The zero-order valence-electron chi connectivity index (χ0n) is 23.7. The van der Waals surface area contributed by atoms with Crippen LogP contribution in [0.2, 0.25) is 0 Å². The Labute approximate surface area is 242 Å². The van der Waals surface area contributed by atoms with Crippen LogP contribution in [0.15, 0.2) is 65.6 Å². The van der Waals surface area contributed by atoms with Gasteiger partial charge in [-0.05, 0) is 81.4 Å². The lowest BCUT2D eigenvalue weighted by Gasteiger charge is -2.19. The fourth-order valence-electron chi connectivity index (χ4n) is 5.44. The monoisotopic (exact) mass is 578 g/mol. The van der Waals surface area contributed by atoms with Crippen LogP contribution in [0.1, 0.15) is 35.1 Å². The van der Waals surface area contributed by atoms with Crippen molar-refractivity contribution in [3.05, 3.63) is 82.9 Å². The molecule has 10 heteroatoms. The Morgan fingerprint density at radius 2 is 1.61 bits per heavy atom. The first-order chi connectivity index (χ1) is 19.5. The van der Waals surface area contributed by atoms with Crippen LogP contribution in [0, 0.1) is 20.8 Å². The Hall–Kier alpha value is -3.73. The molecular formula is C31H38N4O5S.